The lowest BCUT2D eigenvalue weighted by molar-refractivity contribution is -0.135. The van der Waals surface area contributed by atoms with Crippen LogP contribution in [0.2, 0.25) is 0 Å². The summed E-state index contributed by atoms with van der Waals surface area (Å²) in [5.74, 6) is -0.234. The Balaban J connectivity index is 1.16. The van der Waals surface area contributed by atoms with Crippen molar-refractivity contribution in [1.29, 1.82) is 0 Å². The maximum Gasteiger partial charge on any atom is 0.253 e. The van der Waals surface area contributed by atoms with Crippen LogP contribution in [0.25, 0.3) is 21.9 Å². The highest BCUT2D eigenvalue weighted by Crippen LogP contribution is 2.32. The van der Waals surface area contributed by atoms with E-state index in [1.54, 1.807) is 47.2 Å². The van der Waals surface area contributed by atoms with Crippen LogP contribution in [0, 0.1) is 0 Å². The average molecular weight is 695 g/mol. The maximum absolute atomic E-state index is 14.5. The third-order valence-electron chi connectivity index (χ3n) is 9.95. The second-order valence-corrected chi connectivity index (χ2v) is 13.7. The first-order chi connectivity index (χ1) is 25.3. The molecule has 2 heterocycles. The first-order valence-corrected chi connectivity index (χ1v) is 17.8. The van der Waals surface area contributed by atoms with Gasteiger partial charge in [0.15, 0.2) is 0 Å². The van der Waals surface area contributed by atoms with Crippen molar-refractivity contribution < 1.29 is 23.9 Å². The monoisotopic (exact) mass is 694 g/mol. The summed E-state index contributed by atoms with van der Waals surface area (Å²) in [6.07, 6.45) is 1.51. The molecule has 5 aromatic carbocycles. The zero-order chi connectivity index (χ0) is 36.0. The van der Waals surface area contributed by atoms with Gasteiger partial charge in [-0.1, -0.05) is 91.0 Å². The van der Waals surface area contributed by atoms with Crippen LogP contribution in [0.3, 0.4) is 0 Å². The van der Waals surface area contributed by atoms with Crippen molar-refractivity contribution in [2.45, 2.75) is 43.8 Å². The highest BCUT2D eigenvalue weighted by molar-refractivity contribution is 5.98. The van der Waals surface area contributed by atoms with E-state index in [1.165, 1.54) is 0 Å². The Morgan fingerprint density at radius 1 is 0.788 bits per heavy atom. The van der Waals surface area contributed by atoms with E-state index in [4.69, 9.17) is 4.74 Å². The zero-order valence-electron chi connectivity index (χ0n) is 29.2. The molecule has 1 fully saturated rings. The summed E-state index contributed by atoms with van der Waals surface area (Å²) in [5, 5.41) is 8.36. The summed E-state index contributed by atoms with van der Waals surface area (Å²) in [6.45, 7) is 0.848. The Morgan fingerprint density at radius 3 is 2.38 bits per heavy atom. The second-order valence-electron chi connectivity index (χ2n) is 13.7. The van der Waals surface area contributed by atoms with Gasteiger partial charge in [0.05, 0.1) is 12.5 Å². The van der Waals surface area contributed by atoms with Gasteiger partial charge < -0.3 is 25.2 Å². The molecule has 5 aromatic rings. The highest BCUT2D eigenvalue weighted by atomic mass is 16.5. The smallest absolute Gasteiger partial charge is 0.253 e. The number of para-hydroxylation sites is 1. The quantitative estimate of drug-likeness (QED) is 0.239. The van der Waals surface area contributed by atoms with Crippen molar-refractivity contribution >= 4 is 34.4 Å². The maximum atomic E-state index is 14.5. The van der Waals surface area contributed by atoms with Crippen LogP contribution in [0.15, 0.2) is 121 Å². The summed E-state index contributed by atoms with van der Waals surface area (Å²) in [5.41, 5.74) is 3.59. The SMILES string of the molecule is CN1CCC[C@H](NC(=O)c2ccccc2)C(=O)N2C[C@@H](NC(=O)Cc3ccc4ccccc4c3)C[C@H]2COc2ccccc2-c2cccc(c2)C1=O. The molecule has 0 saturated carbocycles. The number of amides is 4. The Morgan fingerprint density at radius 2 is 1.54 bits per heavy atom. The van der Waals surface area contributed by atoms with Crippen molar-refractivity contribution in [2.24, 2.45) is 0 Å². The standard InChI is InChI=1S/C43H42N4O5/c1-46-22-10-18-38(45-41(49)31-12-3-2-4-13-31)43(51)47-27-35(44-40(48)24-29-20-21-30-11-5-6-14-32(30)23-29)26-36(47)28-52-39-19-8-7-17-37(39)33-15-9-16-34(25-33)42(46)50/h2-9,11-17,19-21,23,25,35-36,38H,10,18,22,24,26-28H2,1H3,(H,44,48)(H,45,49)/t35-,36-,38-/m0/s1. The molecule has 2 bridgehead atoms. The number of nitrogens with one attached hydrogen (secondary N) is 2. The fourth-order valence-corrected chi connectivity index (χ4v) is 7.24. The highest BCUT2D eigenvalue weighted by Gasteiger charge is 2.39. The first kappa shape index (κ1) is 34.5. The normalized spacial score (nSPS) is 19.4. The molecule has 2 N–H and O–H groups in total. The van der Waals surface area contributed by atoms with Crippen LogP contribution < -0.4 is 15.4 Å². The minimum Gasteiger partial charge on any atom is -0.491 e. The van der Waals surface area contributed by atoms with E-state index < -0.39 is 6.04 Å². The average Bonchev–Trinajstić information content (AvgIpc) is 3.58. The van der Waals surface area contributed by atoms with E-state index in [1.807, 2.05) is 91.0 Å². The van der Waals surface area contributed by atoms with Crippen LogP contribution in [0.4, 0.5) is 0 Å². The lowest BCUT2D eigenvalue weighted by atomic mass is 10.0. The number of carbonyl (C=O) groups is 4. The molecule has 9 heteroatoms. The predicted octanol–water partition coefficient (Wildman–Crippen LogP) is 5.88. The van der Waals surface area contributed by atoms with Gasteiger partial charge in [-0.15, -0.1) is 0 Å². The van der Waals surface area contributed by atoms with E-state index in [-0.39, 0.29) is 55.3 Å². The van der Waals surface area contributed by atoms with Crippen molar-refractivity contribution in [2.75, 3.05) is 26.7 Å². The van der Waals surface area contributed by atoms with Crippen LogP contribution >= 0.6 is 0 Å². The van der Waals surface area contributed by atoms with Crippen LogP contribution in [-0.2, 0) is 16.0 Å². The molecular weight excluding hydrogens is 652 g/mol. The molecule has 0 unspecified atom stereocenters. The molecule has 0 radical (unpaired) electrons. The molecule has 1 saturated heterocycles. The van der Waals surface area contributed by atoms with E-state index in [9.17, 15) is 19.2 Å². The summed E-state index contributed by atoms with van der Waals surface area (Å²) < 4.78 is 6.48. The number of nitrogens with zero attached hydrogens (tertiary/aromatic N) is 2. The second kappa shape index (κ2) is 15.5. The molecule has 2 aliphatic rings. The number of benzene rings is 5. The molecule has 0 aliphatic carbocycles. The molecule has 0 spiro atoms. The van der Waals surface area contributed by atoms with Gasteiger partial charge in [-0.2, -0.15) is 0 Å². The number of rotatable bonds is 5. The van der Waals surface area contributed by atoms with Crippen molar-refractivity contribution in [1.82, 2.24) is 20.4 Å². The van der Waals surface area contributed by atoms with E-state index in [2.05, 4.69) is 10.6 Å². The fraction of sp³-hybridized carbons (Fsp3) is 0.256. The van der Waals surface area contributed by atoms with Gasteiger partial charge in [-0.3, -0.25) is 19.2 Å². The topological polar surface area (TPSA) is 108 Å². The molecule has 2 aliphatic heterocycles. The molecule has 264 valence electrons. The molecule has 3 atom stereocenters. The van der Waals surface area contributed by atoms with Crippen molar-refractivity contribution in [3.63, 3.8) is 0 Å². The predicted molar refractivity (Wildman–Crippen MR) is 201 cm³/mol. The summed E-state index contributed by atoms with van der Waals surface area (Å²) in [7, 11) is 1.75. The summed E-state index contributed by atoms with van der Waals surface area (Å²) >= 11 is 0. The van der Waals surface area contributed by atoms with Gasteiger partial charge in [-0.25, -0.2) is 0 Å². The minimum absolute atomic E-state index is 0.125. The first-order valence-electron chi connectivity index (χ1n) is 17.8. The largest absolute Gasteiger partial charge is 0.491 e. The van der Waals surface area contributed by atoms with Crippen LogP contribution in [0.5, 0.6) is 5.75 Å². The van der Waals surface area contributed by atoms with Gasteiger partial charge in [0.1, 0.15) is 18.4 Å². The zero-order valence-corrected chi connectivity index (χ0v) is 29.2. The van der Waals surface area contributed by atoms with Gasteiger partial charge in [0.25, 0.3) is 11.8 Å². The van der Waals surface area contributed by atoms with E-state index in [0.717, 1.165) is 27.5 Å². The number of hydrogen-bond donors (Lipinski definition) is 2. The van der Waals surface area contributed by atoms with Crippen molar-refractivity contribution in [3.05, 3.63) is 138 Å². The number of fused-ring (bicyclic) bond motifs is 6. The third-order valence-corrected chi connectivity index (χ3v) is 9.95. The van der Waals surface area contributed by atoms with Gasteiger partial charge in [0, 0.05) is 42.9 Å². The van der Waals surface area contributed by atoms with Gasteiger partial charge in [0.2, 0.25) is 11.8 Å². The van der Waals surface area contributed by atoms with Crippen LogP contribution in [0.1, 0.15) is 45.5 Å². The number of ether oxygens (including phenoxy) is 1. The van der Waals surface area contributed by atoms with Gasteiger partial charge >= 0.3 is 0 Å². The van der Waals surface area contributed by atoms with Crippen molar-refractivity contribution in [3.8, 4) is 16.9 Å². The Kier molecular flexibility index (Phi) is 10.3. The lowest BCUT2D eigenvalue weighted by Crippen LogP contribution is -2.52. The molecule has 7 rings (SSSR count). The Labute approximate surface area is 303 Å². The minimum atomic E-state index is -0.853. The number of carbonyl (C=O) groups excluding carboxylic acids is 4. The lowest BCUT2D eigenvalue weighted by Gasteiger charge is -2.30. The van der Waals surface area contributed by atoms with Gasteiger partial charge in [-0.05, 0) is 71.5 Å². The Hall–Kier alpha value is -5.96. The van der Waals surface area contributed by atoms with Crippen LogP contribution in [-0.4, -0.2) is 78.3 Å². The molecule has 0 aromatic heterocycles. The fourth-order valence-electron chi connectivity index (χ4n) is 7.24. The molecule has 4 amide bonds. The summed E-state index contributed by atoms with van der Waals surface area (Å²) in [6, 6.07) is 36.5. The molecule has 9 nitrogen and oxygen atoms in total. The molecule has 52 heavy (non-hydrogen) atoms. The molecular formula is C43H42N4O5. The Bertz CT molecular complexity index is 2100. The van der Waals surface area contributed by atoms with E-state index in [0.29, 0.717) is 42.7 Å². The third kappa shape index (κ3) is 7.84. The van der Waals surface area contributed by atoms with E-state index >= 15 is 0 Å². The summed E-state index contributed by atoms with van der Waals surface area (Å²) in [4.78, 5) is 58.2. The number of hydrogen-bond acceptors (Lipinski definition) is 5.